The molecule has 0 aromatic heterocycles. The first kappa shape index (κ1) is 14.9. The fraction of sp³-hybridized carbons (Fsp3) is 1.00. The third-order valence-electron chi connectivity index (χ3n) is 3.17. The van der Waals surface area contributed by atoms with Gasteiger partial charge < -0.3 is 10.1 Å². The van der Waals surface area contributed by atoms with Crippen molar-refractivity contribution < 1.29 is 4.74 Å². The van der Waals surface area contributed by atoms with Crippen LogP contribution in [-0.2, 0) is 4.74 Å². The van der Waals surface area contributed by atoms with Crippen molar-refractivity contribution in [1.29, 1.82) is 0 Å². The summed E-state index contributed by atoms with van der Waals surface area (Å²) in [6, 6.07) is 1.05. The molecule has 0 aliphatic carbocycles. The summed E-state index contributed by atoms with van der Waals surface area (Å²) in [4.78, 5) is 2.41. The molecule has 0 saturated heterocycles. The second kappa shape index (κ2) is 8.08. The standard InChI is InChI=1S/C12H28N2O/c1-7-13-8-12(9-15-6)14(5)11(4)10(2)3/h10-13H,7-9H2,1-6H3. The van der Waals surface area contributed by atoms with Crippen LogP contribution in [0.3, 0.4) is 0 Å². The highest BCUT2D eigenvalue weighted by Crippen LogP contribution is 2.11. The number of hydrogen-bond acceptors (Lipinski definition) is 3. The minimum Gasteiger partial charge on any atom is -0.383 e. The lowest BCUT2D eigenvalue weighted by atomic mass is 10.0. The van der Waals surface area contributed by atoms with Crippen molar-refractivity contribution in [1.82, 2.24) is 10.2 Å². The molecule has 0 bridgehead atoms. The molecule has 0 heterocycles. The zero-order chi connectivity index (χ0) is 11.8. The second-order valence-corrected chi connectivity index (χ2v) is 4.57. The van der Waals surface area contributed by atoms with Crippen molar-refractivity contribution >= 4 is 0 Å². The predicted octanol–water partition coefficient (Wildman–Crippen LogP) is 1.59. The highest BCUT2D eigenvalue weighted by molar-refractivity contribution is 4.77. The summed E-state index contributed by atoms with van der Waals surface area (Å²) in [5.74, 6) is 0.677. The van der Waals surface area contributed by atoms with Gasteiger partial charge in [0.1, 0.15) is 0 Å². The Hall–Kier alpha value is -0.120. The van der Waals surface area contributed by atoms with E-state index in [1.54, 1.807) is 7.11 Å². The van der Waals surface area contributed by atoms with Gasteiger partial charge in [-0.25, -0.2) is 0 Å². The number of nitrogens with one attached hydrogen (secondary N) is 1. The fourth-order valence-corrected chi connectivity index (χ4v) is 1.63. The van der Waals surface area contributed by atoms with Gasteiger partial charge in [-0.05, 0) is 26.4 Å². The minimum absolute atomic E-state index is 0.465. The van der Waals surface area contributed by atoms with Gasteiger partial charge in [0, 0.05) is 25.7 Å². The van der Waals surface area contributed by atoms with E-state index in [0.29, 0.717) is 18.0 Å². The van der Waals surface area contributed by atoms with E-state index in [9.17, 15) is 0 Å². The van der Waals surface area contributed by atoms with Crippen LogP contribution in [0.5, 0.6) is 0 Å². The van der Waals surface area contributed by atoms with Gasteiger partial charge in [-0.15, -0.1) is 0 Å². The molecule has 0 radical (unpaired) electrons. The van der Waals surface area contributed by atoms with Gasteiger partial charge in [-0.1, -0.05) is 20.8 Å². The second-order valence-electron chi connectivity index (χ2n) is 4.57. The lowest BCUT2D eigenvalue weighted by Gasteiger charge is -2.35. The molecule has 3 heteroatoms. The smallest absolute Gasteiger partial charge is 0.0630 e. The molecule has 2 atom stereocenters. The molecule has 15 heavy (non-hydrogen) atoms. The largest absolute Gasteiger partial charge is 0.383 e. The summed E-state index contributed by atoms with van der Waals surface area (Å²) in [6.07, 6.45) is 0. The third-order valence-corrected chi connectivity index (χ3v) is 3.17. The van der Waals surface area contributed by atoms with Crippen LogP contribution in [0.15, 0.2) is 0 Å². The SMILES string of the molecule is CCNCC(COC)N(C)C(C)C(C)C. The quantitative estimate of drug-likeness (QED) is 0.667. The highest BCUT2D eigenvalue weighted by Gasteiger charge is 2.21. The van der Waals surface area contributed by atoms with Crippen LogP contribution < -0.4 is 5.32 Å². The lowest BCUT2D eigenvalue weighted by molar-refractivity contribution is 0.0706. The maximum absolute atomic E-state index is 5.27. The molecule has 0 saturated carbocycles. The van der Waals surface area contributed by atoms with E-state index in [-0.39, 0.29) is 0 Å². The molecule has 0 amide bonds. The van der Waals surface area contributed by atoms with Crippen molar-refractivity contribution in [3.05, 3.63) is 0 Å². The van der Waals surface area contributed by atoms with Crippen LogP contribution in [0.2, 0.25) is 0 Å². The molecule has 0 rings (SSSR count). The zero-order valence-corrected chi connectivity index (χ0v) is 11.2. The Kier molecular flexibility index (Phi) is 8.02. The third kappa shape index (κ3) is 5.50. The number of ether oxygens (including phenoxy) is 1. The molecule has 1 N–H and O–H groups in total. The number of hydrogen-bond donors (Lipinski definition) is 1. The average Bonchev–Trinajstić information content (AvgIpc) is 2.22. The van der Waals surface area contributed by atoms with Crippen LogP contribution >= 0.6 is 0 Å². The molecule has 0 fully saturated rings. The van der Waals surface area contributed by atoms with Crippen molar-refractivity contribution in [3.63, 3.8) is 0 Å². The Morgan fingerprint density at radius 2 is 1.87 bits per heavy atom. The van der Waals surface area contributed by atoms with Gasteiger partial charge in [0.05, 0.1) is 6.61 Å². The topological polar surface area (TPSA) is 24.5 Å². The van der Waals surface area contributed by atoms with Gasteiger partial charge in [0.15, 0.2) is 0 Å². The molecule has 0 aromatic rings. The Balaban J connectivity index is 4.19. The first-order valence-corrected chi connectivity index (χ1v) is 5.96. The first-order valence-electron chi connectivity index (χ1n) is 5.96. The number of methoxy groups -OCH3 is 1. The summed E-state index contributed by atoms with van der Waals surface area (Å²) >= 11 is 0. The van der Waals surface area contributed by atoms with Gasteiger partial charge in [0.25, 0.3) is 0 Å². The molecule has 0 aliphatic heterocycles. The molecule has 0 aliphatic rings. The first-order chi connectivity index (χ1) is 7.04. The van der Waals surface area contributed by atoms with Crippen LogP contribution in [0.25, 0.3) is 0 Å². The number of nitrogens with zero attached hydrogens (tertiary/aromatic N) is 1. The average molecular weight is 216 g/mol. The summed E-state index contributed by atoms with van der Waals surface area (Å²) in [5, 5.41) is 3.39. The Bertz CT molecular complexity index is 151. The van der Waals surface area contributed by atoms with Gasteiger partial charge in [0.2, 0.25) is 0 Å². The number of rotatable bonds is 8. The molecule has 3 nitrogen and oxygen atoms in total. The molecule has 92 valence electrons. The summed E-state index contributed by atoms with van der Waals surface area (Å²) in [5.41, 5.74) is 0. The van der Waals surface area contributed by atoms with Crippen molar-refractivity contribution in [2.24, 2.45) is 5.92 Å². The minimum atomic E-state index is 0.465. The van der Waals surface area contributed by atoms with Gasteiger partial charge in [-0.2, -0.15) is 0 Å². The van der Waals surface area contributed by atoms with Crippen LogP contribution in [0, 0.1) is 5.92 Å². The Morgan fingerprint density at radius 1 is 1.27 bits per heavy atom. The van der Waals surface area contributed by atoms with Gasteiger partial charge >= 0.3 is 0 Å². The maximum Gasteiger partial charge on any atom is 0.0630 e. The predicted molar refractivity (Wildman–Crippen MR) is 66.3 cm³/mol. The monoisotopic (exact) mass is 216 g/mol. The van der Waals surface area contributed by atoms with E-state index < -0.39 is 0 Å². The Labute approximate surface area is 95.2 Å². The maximum atomic E-state index is 5.27. The highest BCUT2D eigenvalue weighted by atomic mass is 16.5. The van der Waals surface area contributed by atoms with E-state index in [4.69, 9.17) is 4.74 Å². The van der Waals surface area contributed by atoms with Crippen LogP contribution in [0.1, 0.15) is 27.7 Å². The van der Waals surface area contributed by atoms with E-state index >= 15 is 0 Å². The van der Waals surface area contributed by atoms with Crippen molar-refractivity contribution in [3.8, 4) is 0 Å². The van der Waals surface area contributed by atoms with E-state index in [2.05, 4.69) is 45.0 Å². The van der Waals surface area contributed by atoms with E-state index in [1.165, 1.54) is 0 Å². The fourth-order valence-electron chi connectivity index (χ4n) is 1.63. The van der Waals surface area contributed by atoms with Gasteiger partial charge in [-0.3, -0.25) is 4.90 Å². The molecule has 0 spiro atoms. The molecular formula is C12H28N2O. The summed E-state index contributed by atoms with van der Waals surface area (Å²) in [6.45, 7) is 11.7. The van der Waals surface area contributed by atoms with Crippen LogP contribution in [-0.4, -0.2) is 50.8 Å². The lowest BCUT2D eigenvalue weighted by Crippen LogP contribution is -2.48. The van der Waals surface area contributed by atoms with E-state index in [0.717, 1.165) is 19.7 Å². The zero-order valence-electron chi connectivity index (χ0n) is 11.2. The molecular weight excluding hydrogens is 188 g/mol. The van der Waals surface area contributed by atoms with Crippen molar-refractivity contribution in [2.75, 3.05) is 33.9 Å². The normalized spacial score (nSPS) is 16.0. The number of likely N-dealkylation sites (N-methyl/N-ethyl adjacent to an activating group) is 2. The van der Waals surface area contributed by atoms with E-state index in [1.807, 2.05) is 0 Å². The van der Waals surface area contributed by atoms with Crippen molar-refractivity contribution in [2.45, 2.75) is 39.8 Å². The Morgan fingerprint density at radius 3 is 2.27 bits per heavy atom. The summed E-state index contributed by atoms with van der Waals surface area (Å²) < 4.78 is 5.27. The summed E-state index contributed by atoms with van der Waals surface area (Å²) in [7, 11) is 3.96. The molecule has 2 unspecified atom stereocenters. The van der Waals surface area contributed by atoms with Crippen LogP contribution in [0.4, 0.5) is 0 Å². The molecule has 0 aromatic carbocycles.